The maximum absolute atomic E-state index is 11.9. The van der Waals surface area contributed by atoms with Crippen LogP contribution in [0.3, 0.4) is 0 Å². The fourth-order valence-electron chi connectivity index (χ4n) is 1.86. The highest BCUT2D eigenvalue weighted by Crippen LogP contribution is 2.23. The van der Waals surface area contributed by atoms with Gasteiger partial charge in [-0.15, -0.1) is 0 Å². The molecule has 2 aromatic rings. The molecule has 1 N–H and O–H groups in total. The van der Waals surface area contributed by atoms with Gasteiger partial charge in [-0.1, -0.05) is 59.9 Å². The molecule has 5 nitrogen and oxygen atoms in total. The SMILES string of the molecule is CCOC(=O)c1sc(NC(=O)C=CC=Cc2ccccc2)nc1C. The van der Waals surface area contributed by atoms with E-state index in [1.807, 2.05) is 36.4 Å². The number of amides is 1. The molecular formula is C18H18N2O3S. The lowest BCUT2D eigenvalue weighted by atomic mass is 10.2. The number of esters is 1. The lowest BCUT2D eigenvalue weighted by molar-refractivity contribution is -0.111. The second-order valence-electron chi connectivity index (χ2n) is 4.77. The number of hydrogen-bond acceptors (Lipinski definition) is 5. The van der Waals surface area contributed by atoms with Gasteiger partial charge in [0, 0.05) is 6.08 Å². The predicted octanol–water partition coefficient (Wildman–Crippen LogP) is 3.84. The van der Waals surface area contributed by atoms with Crippen molar-refractivity contribution in [1.82, 2.24) is 4.98 Å². The summed E-state index contributed by atoms with van der Waals surface area (Å²) in [5.41, 5.74) is 1.60. The van der Waals surface area contributed by atoms with Crippen LogP contribution in [0.1, 0.15) is 27.9 Å². The minimum atomic E-state index is -0.422. The number of benzene rings is 1. The number of nitrogens with zero attached hydrogens (tertiary/aromatic N) is 1. The Morgan fingerprint density at radius 2 is 2.00 bits per heavy atom. The summed E-state index contributed by atoms with van der Waals surface area (Å²) < 4.78 is 4.94. The standard InChI is InChI=1S/C18H18N2O3S/c1-3-23-17(22)16-13(2)19-18(24-16)20-15(21)12-8-7-11-14-9-5-4-6-10-14/h4-12H,3H2,1-2H3,(H,19,20,21). The highest BCUT2D eigenvalue weighted by molar-refractivity contribution is 7.17. The topological polar surface area (TPSA) is 68.3 Å². The maximum atomic E-state index is 11.9. The predicted molar refractivity (Wildman–Crippen MR) is 96.1 cm³/mol. The zero-order valence-corrected chi connectivity index (χ0v) is 14.3. The molecule has 2 rings (SSSR count). The van der Waals surface area contributed by atoms with Crippen LogP contribution in [0.2, 0.25) is 0 Å². The van der Waals surface area contributed by atoms with Crippen molar-refractivity contribution in [1.29, 1.82) is 0 Å². The Kier molecular flexibility index (Phi) is 6.45. The molecule has 0 radical (unpaired) electrons. The summed E-state index contributed by atoms with van der Waals surface area (Å²) in [6.07, 6.45) is 6.73. The molecule has 0 fully saturated rings. The highest BCUT2D eigenvalue weighted by Gasteiger charge is 2.16. The number of carbonyl (C=O) groups excluding carboxylic acids is 2. The number of ether oxygens (including phenoxy) is 1. The molecule has 0 aliphatic rings. The summed E-state index contributed by atoms with van der Waals surface area (Å²) in [5, 5.41) is 3.01. The molecule has 1 aromatic carbocycles. The van der Waals surface area contributed by atoms with Crippen LogP contribution in [0.5, 0.6) is 0 Å². The molecule has 0 unspecified atom stereocenters. The normalized spacial score (nSPS) is 11.1. The van der Waals surface area contributed by atoms with E-state index in [-0.39, 0.29) is 5.91 Å². The van der Waals surface area contributed by atoms with Crippen molar-refractivity contribution in [2.75, 3.05) is 11.9 Å². The Labute approximate surface area is 144 Å². The minimum Gasteiger partial charge on any atom is -0.462 e. The number of anilines is 1. The third-order valence-corrected chi connectivity index (χ3v) is 3.99. The number of thiazole rings is 1. The first-order valence-corrected chi connectivity index (χ1v) is 8.27. The number of aryl methyl sites for hydroxylation is 1. The Morgan fingerprint density at radius 3 is 2.71 bits per heavy atom. The number of allylic oxidation sites excluding steroid dienone is 2. The molecule has 124 valence electrons. The Hall–Kier alpha value is -2.73. The van der Waals surface area contributed by atoms with Gasteiger partial charge in [-0.2, -0.15) is 0 Å². The number of carbonyl (C=O) groups is 2. The van der Waals surface area contributed by atoms with E-state index >= 15 is 0 Å². The third-order valence-electron chi connectivity index (χ3n) is 2.93. The zero-order valence-electron chi connectivity index (χ0n) is 13.5. The Bertz CT molecular complexity index is 764. The first-order valence-electron chi connectivity index (χ1n) is 7.45. The van der Waals surface area contributed by atoms with Crippen molar-refractivity contribution in [3.8, 4) is 0 Å². The van der Waals surface area contributed by atoms with Crippen molar-refractivity contribution in [3.05, 3.63) is 64.7 Å². The fourth-order valence-corrected chi connectivity index (χ4v) is 2.72. The monoisotopic (exact) mass is 342 g/mol. The van der Waals surface area contributed by atoms with Gasteiger partial charge in [-0.3, -0.25) is 10.1 Å². The van der Waals surface area contributed by atoms with Gasteiger partial charge in [-0.05, 0) is 19.4 Å². The van der Waals surface area contributed by atoms with Crippen LogP contribution < -0.4 is 5.32 Å². The van der Waals surface area contributed by atoms with Gasteiger partial charge in [0.2, 0.25) is 5.91 Å². The number of aromatic nitrogens is 1. The Balaban J connectivity index is 1.93. The fraction of sp³-hybridized carbons (Fsp3) is 0.167. The van der Waals surface area contributed by atoms with Gasteiger partial charge < -0.3 is 4.74 Å². The van der Waals surface area contributed by atoms with Crippen molar-refractivity contribution >= 4 is 34.4 Å². The molecule has 6 heteroatoms. The Morgan fingerprint density at radius 1 is 1.25 bits per heavy atom. The molecule has 0 bridgehead atoms. The molecule has 1 aromatic heterocycles. The number of hydrogen-bond donors (Lipinski definition) is 1. The number of rotatable bonds is 6. The summed E-state index contributed by atoms with van der Waals surface area (Å²) in [7, 11) is 0. The molecule has 0 spiro atoms. The lowest BCUT2D eigenvalue weighted by Crippen LogP contribution is -2.07. The molecule has 0 aliphatic heterocycles. The molecule has 0 aliphatic carbocycles. The summed E-state index contributed by atoms with van der Waals surface area (Å²) >= 11 is 1.10. The lowest BCUT2D eigenvalue weighted by Gasteiger charge is -1.97. The molecule has 1 amide bonds. The molecular weight excluding hydrogens is 324 g/mol. The summed E-state index contributed by atoms with van der Waals surface area (Å²) in [6, 6.07) is 9.78. The van der Waals surface area contributed by atoms with Gasteiger partial charge >= 0.3 is 5.97 Å². The van der Waals surface area contributed by atoms with E-state index in [9.17, 15) is 9.59 Å². The summed E-state index contributed by atoms with van der Waals surface area (Å²) in [4.78, 5) is 28.1. The number of nitrogens with one attached hydrogen (secondary N) is 1. The molecule has 0 saturated carbocycles. The van der Waals surface area contributed by atoms with E-state index in [4.69, 9.17) is 4.74 Å². The van der Waals surface area contributed by atoms with Crippen molar-refractivity contribution in [2.24, 2.45) is 0 Å². The average molecular weight is 342 g/mol. The van der Waals surface area contributed by atoms with E-state index in [1.54, 1.807) is 26.0 Å². The molecule has 1 heterocycles. The van der Waals surface area contributed by atoms with Crippen molar-refractivity contribution < 1.29 is 14.3 Å². The van der Waals surface area contributed by atoms with Crippen LogP contribution in [-0.4, -0.2) is 23.5 Å². The third kappa shape index (κ3) is 5.17. The van der Waals surface area contributed by atoms with Gasteiger partial charge in [-0.25, -0.2) is 9.78 Å². The average Bonchev–Trinajstić information content (AvgIpc) is 2.93. The van der Waals surface area contributed by atoms with E-state index < -0.39 is 5.97 Å². The van der Waals surface area contributed by atoms with E-state index in [0.29, 0.717) is 22.3 Å². The first-order chi connectivity index (χ1) is 11.6. The van der Waals surface area contributed by atoms with E-state index in [2.05, 4.69) is 10.3 Å². The van der Waals surface area contributed by atoms with Crippen LogP contribution in [0, 0.1) is 6.92 Å². The van der Waals surface area contributed by atoms with Gasteiger partial charge in [0.15, 0.2) is 5.13 Å². The zero-order chi connectivity index (χ0) is 17.4. The maximum Gasteiger partial charge on any atom is 0.350 e. The van der Waals surface area contributed by atoms with Crippen molar-refractivity contribution in [2.45, 2.75) is 13.8 Å². The van der Waals surface area contributed by atoms with Gasteiger partial charge in [0.25, 0.3) is 0 Å². The van der Waals surface area contributed by atoms with Gasteiger partial charge in [0.1, 0.15) is 4.88 Å². The van der Waals surface area contributed by atoms with Crippen LogP contribution in [0.25, 0.3) is 6.08 Å². The van der Waals surface area contributed by atoms with Crippen molar-refractivity contribution in [3.63, 3.8) is 0 Å². The van der Waals surface area contributed by atoms with E-state index in [1.165, 1.54) is 6.08 Å². The van der Waals surface area contributed by atoms with Crippen LogP contribution >= 0.6 is 11.3 Å². The second-order valence-corrected chi connectivity index (χ2v) is 5.77. The molecule has 24 heavy (non-hydrogen) atoms. The molecule has 0 saturated heterocycles. The quantitative estimate of drug-likeness (QED) is 0.492. The smallest absolute Gasteiger partial charge is 0.350 e. The summed E-state index contributed by atoms with van der Waals surface area (Å²) in [5.74, 6) is -0.730. The summed E-state index contributed by atoms with van der Waals surface area (Å²) in [6.45, 7) is 3.75. The first kappa shape index (κ1) is 17.6. The van der Waals surface area contributed by atoms with E-state index in [0.717, 1.165) is 16.9 Å². The largest absolute Gasteiger partial charge is 0.462 e. The van der Waals surface area contributed by atoms with Gasteiger partial charge in [0.05, 0.1) is 12.3 Å². The minimum absolute atomic E-state index is 0.300. The van der Waals surface area contributed by atoms with Crippen LogP contribution in [0.4, 0.5) is 5.13 Å². The molecule has 0 atom stereocenters. The van der Waals surface area contributed by atoms with Crippen LogP contribution in [-0.2, 0) is 9.53 Å². The van der Waals surface area contributed by atoms with Crippen LogP contribution in [0.15, 0.2) is 48.6 Å². The highest BCUT2D eigenvalue weighted by atomic mass is 32.1. The second kappa shape index (κ2) is 8.79.